The molecule has 1 aromatic carbocycles. The molecule has 0 unspecified atom stereocenters. The highest BCUT2D eigenvalue weighted by atomic mass is 35.5. The average Bonchev–Trinajstić information content (AvgIpc) is 2.86. The van der Waals surface area contributed by atoms with E-state index >= 15 is 0 Å². The Labute approximate surface area is 121 Å². The van der Waals surface area contributed by atoms with Crippen LogP contribution in [0.3, 0.4) is 0 Å². The summed E-state index contributed by atoms with van der Waals surface area (Å²) in [7, 11) is 0. The van der Waals surface area contributed by atoms with Gasteiger partial charge in [-0.15, -0.1) is 0 Å². The highest BCUT2D eigenvalue weighted by Crippen LogP contribution is 2.37. The summed E-state index contributed by atoms with van der Waals surface area (Å²) in [5, 5.41) is 0.622. The van der Waals surface area contributed by atoms with Crippen LogP contribution in [0.5, 0.6) is 11.5 Å². The number of rotatable bonds is 3. The van der Waals surface area contributed by atoms with E-state index < -0.39 is 12.0 Å². The fourth-order valence-corrected chi connectivity index (χ4v) is 2.55. The lowest BCUT2D eigenvalue weighted by Gasteiger charge is -2.31. The van der Waals surface area contributed by atoms with Crippen LogP contribution >= 0.6 is 11.6 Å². The minimum absolute atomic E-state index is 0.219. The molecule has 0 spiro atoms. The molecular formula is C13H15ClN2O4. The van der Waals surface area contributed by atoms with Crippen LogP contribution in [-0.2, 0) is 16.1 Å². The number of nitrogens with two attached hydrogens (primary N) is 1. The van der Waals surface area contributed by atoms with E-state index in [0.29, 0.717) is 36.2 Å². The molecule has 0 saturated carbocycles. The number of hydrogen-bond acceptors (Lipinski definition) is 5. The van der Waals surface area contributed by atoms with E-state index in [1.807, 2.05) is 6.07 Å². The maximum absolute atomic E-state index is 11.2. The van der Waals surface area contributed by atoms with Crippen molar-refractivity contribution >= 4 is 17.5 Å². The minimum Gasteiger partial charge on any atom is -0.454 e. The summed E-state index contributed by atoms with van der Waals surface area (Å²) in [5.74, 6) is 0.923. The Balaban J connectivity index is 1.73. The van der Waals surface area contributed by atoms with Crippen LogP contribution in [0.25, 0.3) is 0 Å². The first-order chi connectivity index (χ1) is 9.63. The fraction of sp³-hybridized carbons (Fsp3) is 0.462. The molecule has 0 radical (unpaired) electrons. The Morgan fingerprint density at radius 2 is 2.15 bits per heavy atom. The number of morpholine rings is 1. The number of ether oxygens (including phenoxy) is 3. The summed E-state index contributed by atoms with van der Waals surface area (Å²) < 4.78 is 15.9. The summed E-state index contributed by atoms with van der Waals surface area (Å²) in [6, 6.07) is 3.63. The number of hydrogen-bond donors (Lipinski definition) is 1. The molecule has 1 atom stereocenters. The van der Waals surface area contributed by atoms with Crippen LogP contribution in [0.4, 0.5) is 0 Å². The molecule has 1 aromatic rings. The smallest absolute Gasteiger partial charge is 0.247 e. The first-order valence-electron chi connectivity index (χ1n) is 6.35. The lowest BCUT2D eigenvalue weighted by Crippen LogP contribution is -2.47. The topological polar surface area (TPSA) is 74.0 Å². The van der Waals surface area contributed by atoms with Crippen LogP contribution in [0.15, 0.2) is 12.1 Å². The van der Waals surface area contributed by atoms with Gasteiger partial charge in [0.1, 0.15) is 6.10 Å². The van der Waals surface area contributed by atoms with Crippen molar-refractivity contribution in [3.8, 4) is 11.5 Å². The molecule has 1 saturated heterocycles. The number of amides is 1. The van der Waals surface area contributed by atoms with Crippen molar-refractivity contribution in [1.29, 1.82) is 0 Å². The van der Waals surface area contributed by atoms with Gasteiger partial charge in [-0.2, -0.15) is 0 Å². The predicted molar refractivity (Wildman–Crippen MR) is 71.8 cm³/mol. The van der Waals surface area contributed by atoms with E-state index in [2.05, 4.69) is 4.90 Å². The second-order valence-electron chi connectivity index (χ2n) is 4.79. The van der Waals surface area contributed by atoms with E-state index in [9.17, 15) is 4.79 Å². The quantitative estimate of drug-likeness (QED) is 0.891. The number of carbonyl (C=O) groups excluding carboxylic acids is 1. The van der Waals surface area contributed by atoms with E-state index in [0.717, 1.165) is 12.1 Å². The van der Waals surface area contributed by atoms with Gasteiger partial charge in [-0.1, -0.05) is 11.6 Å². The minimum atomic E-state index is -0.559. The van der Waals surface area contributed by atoms with Gasteiger partial charge >= 0.3 is 0 Å². The molecule has 0 bridgehead atoms. The summed E-state index contributed by atoms with van der Waals surface area (Å²) in [5.41, 5.74) is 6.20. The normalized spacial score (nSPS) is 21.9. The highest BCUT2D eigenvalue weighted by molar-refractivity contribution is 6.31. The maximum atomic E-state index is 11.2. The fourth-order valence-electron chi connectivity index (χ4n) is 2.34. The number of benzene rings is 1. The molecule has 2 N–H and O–H groups in total. The zero-order chi connectivity index (χ0) is 14.1. The molecule has 0 aliphatic carbocycles. The van der Waals surface area contributed by atoms with Crippen molar-refractivity contribution in [2.75, 3.05) is 26.5 Å². The van der Waals surface area contributed by atoms with Crippen molar-refractivity contribution < 1.29 is 19.0 Å². The van der Waals surface area contributed by atoms with Gasteiger partial charge in [0.2, 0.25) is 12.7 Å². The van der Waals surface area contributed by atoms with Gasteiger partial charge < -0.3 is 19.9 Å². The molecule has 1 amide bonds. The third kappa shape index (κ3) is 2.67. The first-order valence-corrected chi connectivity index (χ1v) is 6.72. The van der Waals surface area contributed by atoms with Crippen LogP contribution in [0.1, 0.15) is 5.56 Å². The van der Waals surface area contributed by atoms with Gasteiger partial charge in [0.15, 0.2) is 11.5 Å². The van der Waals surface area contributed by atoms with Gasteiger partial charge in [0.25, 0.3) is 0 Å². The Bertz CT molecular complexity index is 537. The van der Waals surface area contributed by atoms with E-state index in [1.165, 1.54) is 0 Å². The molecule has 3 rings (SSSR count). The average molecular weight is 299 g/mol. The van der Waals surface area contributed by atoms with Crippen molar-refractivity contribution in [3.05, 3.63) is 22.7 Å². The van der Waals surface area contributed by atoms with Gasteiger partial charge in [0, 0.05) is 30.7 Å². The molecule has 2 aliphatic rings. The van der Waals surface area contributed by atoms with Gasteiger partial charge in [-0.25, -0.2) is 0 Å². The number of fused-ring (bicyclic) bond motifs is 1. The molecule has 0 aromatic heterocycles. The van der Waals surface area contributed by atoms with Crippen molar-refractivity contribution in [2.45, 2.75) is 12.6 Å². The number of carbonyl (C=O) groups is 1. The Hall–Kier alpha value is -1.50. The van der Waals surface area contributed by atoms with Crippen molar-refractivity contribution in [2.24, 2.45) is 5.73 Å². The predicted octanol–water partition coefficient (Wildman–Crippen LogP) is 0.755. The first kappa shape index (κ1) is 13.5. The van der Waals surface area contributed by atoms with E-state index in [-0.39, 0.29) is 6.79 Å². The van der Waals surface area contributed by atoms with Crippen LogP contribution in [0, 0.1) is 0 Å². The standard InChI is InChI=1S/C13H15ClN2O4/c14-9-4-11-10(19-7-20-11)3-8(9)5-16-1-2-18-12(6-16)13(15)17/h3-4,12H,1-2,5-7H2,(H2,15,17)/t12-/m0/s1. The number of nitrogens with zero attached hydrogens (tertiary/aromatic N) is 1. The Morgan fingerprint density at radius 1 is 1.40 bits per heavy atom. The second-order valence-corrected chi connectivity index (χ2v) is 5.20. The Morgan fingerprint density at radius 3 is 2.90 bits per heavy atom. The molecule has 108 valence electrons. The molecule has 2 aliphatic heterocycles. The van der Waals surface area contributed by atoms with Crippen molar-refractivity contribution in [3.63, 3.8) is 0 Å². The van der Waals surface area contributed by atoms with E-state index in [1.54, 1.807) is 6.07 Å². The summed E-state index contributed by atoms with van der Waals surface area (Å²) in [6.07, 6.45) is -0.559. The monoisotopic (exact) mass is 298 g/mol. The molecule has 20 heavy (non-hydrogen) atoms. The SMILES string of the molecule is NC(=O)[C@@H]1CN(Cc2cc3c(cc2Cl)OCO3)CCO1. The van der Waals surface area contributed by atoms with Crippen molar-refractivity contribution in [1.82, 2.24) is 4.90 Å². The largest absolute Gasteiger partial charge is 0.454 e. The maximum Gasteiger partial charge on any atom is 0.247 e. The number of halogens is 1. The van der Waals surface area contributed by atoms with Gasteiger partial charge in [-0.05, 0) is 11.6 Å². The number of primary amides is 1. The third-order valence-electron chi connectivity index (χ3n) is 3.40. The van der Waals surface area contributed by atoms with E-state index in [4.69, 9.17) is 31.5 Å². The molecule has 7 heteroatoms. The van der Waals surface area contributed by atoms with Gasteiger partial charge in [-0.3, -0.25) is 9.69 Å². The van der Waals surface area contributed by atoms with Gasteiger partial charge in [0.05, 0.1) is 6.61 Å². The summed E-state index contributed by atoms with van der Waals surface area (Å²) in [6.45, 7) is 2.52. The lowest BCUT2D eigenvalue weighted by atomic mass is 10.1. The van der Waals surface area contributed by atoms with Crippen LogP contribution in [-0.4, -0.2) is 43.4 Å². The molecule has 1 fully saturated rings. The highest BCUT2D eigenvalue weighted by Gasteiger charge is 2.26. The third-order valence-corrected chi connectivity index (χ3v) is 3.76. The van der Waals surface area contributed by atoms with Crippen LogP contribution < -0.4 is 15.2 Å². The lowest BCUT2D eigenvalue weighted by molar-refractivity contribution is -0.135. The summed E-state index contributed by atoms with van der Waals surface area (Å²) in [4.78, 5) is 13.3. The molecule has 6 nitrogen and oxygen atoms in total. The molecular weight excluding hydrogens is 284 g/mol. The summed E-state index contributed by atoms with van der Waals surface area (Å²) >= 11 is 6.24. The zero-order valence-electron chi connectivity index (χ0n) is 10.8. The Kier molecular flexibility index (Phi) is 3.69. The molecule has 2 heterocycles. The zero-order valence-corrected chi connectivity index (χ0v) is 11.6. The second kappa shape index (κ2) is 5.47. The van der Waals surface area contributed by atoms with Crippen LogP contribution in [0.2, 0.25) is 5.02 Å².